The quantitative estimate of drug-likeness (QED) is 0.462. The number of amides is 2. The Morgan fingerprint density at radius 1 is 1.27 bits per heavy atom. The summed E-state index contributed by atoms with van der Waals surface area (Å²) in [4.78, 5) is 33.9. The molecule has 84 valence electrons. The topological polar surface area (TPSA) is 86.7 Å². The van der Waals surface area contributed by atoms with E-state index in [1.54, 1.807) is 4.90 Å². The van der Waals surface area contributed by atoms with E-state index in [-0.39, 0.29) is 31.3 Å². The Hall–Kier alpha value is -1.43. The molecule has 0 saturated carbocycles. The minimum absolute atomic E-state index is 0.133. The van der Waals surface area contributed by atoms with Gasteiger partial charge in [0.2, 0.25) is 11.8 Å². The summed E-state index contributed by atoms with van der Waals surface area (Å²) >= 11 is 0. The van der Waals surface area contributed by atoms with E-state index in [0.717, 1.165) is 0 Å². The number of aliphatic carboxylic acids is 1. The largest absolute Gasteiger partial charge is 0.481 e. The number of carboxylic acid groups (broad SMARTS) is 1. The fraction of sp³-hybridized carbons (Fsp3) is 0.667. The second-order valence-electron chi connectivity index (χ2n) is 3.53. The van der Waals surface area contributed by atoms with Gasteiger partial charge in [-0.15, -0.1) is 0 Å². The zero-order valence-electron chi connectivity index (χ0n) is 8.36. The molecule has 1 fully saturated rings. The van der Waals surface area contributed by atoms with E-state index in [1.165, 1.54) is 0 Å². The van der Waals surface area contributed by atoms with Crippen LogP contribution in [0.2, 0.25) is 0 Å². The van der Waals surface area contributed by atoms with E-state index >= 15 is 0 Å². The second-order valence-corrected chi connectivity index (χ2v) is 3.53. The number of imide groups is 1. The molecule has 0 aliphatic carbocycles. The van der Waals surface area contributed by atoms with Crippen molar-refractivity contribution in [1.82, 2.24) is 10.2 Å². The standard InChI is InChI=1S/C9H14N2O4/c12-7-5-11(6-8(13)10-7)4-2-1-3-9(14)15/h1-6H2,(H,14,15)(H,10,12,13). The lowest BCUT2D eigenvalue weighted by atomic mass is 10.2. The molecule has 0 aromatic rings. The minimum atomic E-state index is -0.817. The molecule has 15 heavy (non-hydrogen) atoms. The van der Waals surface area contributed by atoms with E-state index in [0.29, 0.717) is 19.4 Å². The van der Waals surface area contributed by atoms with Crippen molar-refractivity contribution in [2.75, 3.05) is 19.6 Å². The van der Waals surface area contributed by atoms with E-state index < -0.39 is 5.97 Å². The summed E-state index contributed by atoms with van der Waals surface area (Å²) in [6.45, 7) is 1.03. The number of carboxylic acids is 1. The molecule has 1 saturated heterocycles. The van der Waals surface area contributed by atoms with Crippen molar-refractivity contribution >= 4 is 17.8 Å². The van der Waals surface area contributed by atoms with Gasteiger partial charge in [0, 0.05) is 6.42 Å². The smallest absolute Gasteiger partial charge is 0.303 e. The van der Waals surface area contributed by atoms with Crippen LogP contribution in [0.3, 0.4) is 0 Å². The van der Waals surface area contributed by atoms with Crippen molar-refractivity contribution in [2.45, 2.75) is 19.3 Å². The third-order valence-electron chi connectivity index (χ3n) is 2.13. The van der Waals surface area contributed by atoms with Gasteiger partial charge in [-0.1, -0.05) is 0 Å². The van der Waals surface area contributed by atoms with Gasteiger partial charge < -0.3 is 5.11 Å². The zero-order chi connectivity index (χ0) is 11.3. The van der Waals surface area contributed by atoms with Gasteiger partial charge in [-0.25, -0.2) is 0 Å². The first-order chi connectivity index (χ1) is 7.08. The highest BCUT2D eigenvalue weighted by Gasteiger charge is 2.21. The number of rotatable bonds is 5. The summed E-state index contributed by atoms with van der Waals surface area (Å²) in [5.41, 5.74) is 0. The van der Waals surface area contributed by atoms with Crippen LogP contribution < -0.4 is 5.32 Å². The SMILES string of the molecule is O=C(O)CCCCN1CC(=O)NC(=O)C1. The lowest BCUT2D eigenvalue weighted by Gasteiger charge is -2.24. The molecule has 6 nitrogen and oxygen atoms in total. The van der Waals surface area contributed by atoms with Gasteiger partial charge in [0.15, 0.2) is 0 Å². The molecule has 2 amide bonds. The molecule has 1 heterocycles. The lowest BCUT2D eigenvalue weighted by Crippen LogP contribution is -2.51. The van der Waals surface area contributed by atoms with Gasteiger partial charge in [0.1, 0.15) is 0 Å². The number of hydrogen-bond acceptors (Lipinski definition) is 4. The van der Waals surface area contributed by atoms with Crippen molar-refractivity contribution < 1.29 is 19.5 Å². The Morgan fingerprint density at radius 3 is 2.40 bits per heavy atom. The number of carbonyl (C=O) groups is 3. The maximum absolute atomic E-state index is 11.0. The van der Waals surface area contributed by atoms with E-state index in [2.05, 4.69) is 5.32 Å². The molecule has 0 unspecified atom stereocenters. The maximum Gasteiger partial charge on any atom is 0.303 e. The number of carbonyl (C=O) groups excluding carboxylic acids is 2. The fourth-order valence-electron chi connectivity index (χ4n) is 1.47. The number of hydrogen-bond donors (Lipinski definition) is 2. The predicted octanol–water partition coefficient (Wildman–Crippen LogP) is -0.800. The van der Waals surface area contributed by atoms with Crippen molar-refractivity contribution in [3.05, 3.63) is 0 Å². The number of nitrogens with one attached hydrogen (secondary N) is 1. The molecule has 0 bridgehead atoms. The summed E-state index contributed by atoms with van der Waals surface area (Å²) in [6, 6.07) is 0. The van der Waals surface area contributed by atoms with Crippen molar-refractivity contribution in [3.8, 4) is 0 Å². The van der Waals surface area contributed by atoms with Crippen LogP contribution in [0.4, 0.5) is 0 Å². The third-order valence-corrected chi connectivity index (χ3v) is 2.13. The average Bonchev–Trinajstić information content (AvgIpc) is 2.10. The van der Waals surface area contributed by atoms with Crippen LogP contribution in [0.15, 0.2) is 0 Å². The molecule has 0 atom stereocenters. The summed E-state index contributed by atoms with van der Waals surface area (Å²) in [7, 11) is 0. The summed E-state index contributed by atoms with van der Waals surface area (Å²) in [5.74, 6) is -1.39. The van der Waals surface area contributed by atoms with Gasteiger partial charge >= 0.3 is 5.97 Å². The fourth-order valence-corrected chi connectivity index (χ4v) is 1.47. The highest BCUT2D eigenvalue weighted by Crippen LogP contribution is 2.01. The van der Waals surface area contributed by atoms with Crippen LogP contribution in [0, 0.1) is 0 Å². The van der Waals surface area contributed by atoms with Crippen molar-refractivity contribution in [2.24, 2.45) is 0 Å². The number of unbranched alkanes of at least 4 members (excludes halogenated alkanes) is 1. The van der Waals surface area contributed by atoms with E-state index in [4.69, 9.17) is 5.11 Å². The maximum atomic E-state index is 11.0. The molecule has 1 rings (SSSR count). The van der Waals surface area contributed by atoms with Crippen LogP contribution in [0.25, 0.3) is 0 Å². The van der Waals surface area contributed by atoms with Gasteiger partial charge in [0.25, 0.3) is 0 Å². The Morgan fingerprint density at radius 2 is 1.87 bits per heavy atom. The molecule has 0 aromatic carbocycles. The molecule has 6 heteroatoms. The monoisotopic (exact) mass is 214 g/mol. The van der Waals surface area contributed by atoms with E-state index in [9.17, 15) is 14.4 Å². The molecule has 2 N–H and O–H groups in total. The van der Waals surface area contributed by atoms with Gasteiger partial charge in [-0.3, -0.25) is 24.6 Å². The molecular formula is C9H14N2O4. The molecule has 1 aliphatic heterocycles. The molecular weight excluding hydrogens is 200 g/mol. The van der Waals surface area contributed by atoms with Crippen LogP contribution in [-0.4, -0.2) is 47.4 Å². The number of nitrogens with zero attached hydrogens (tertiary/aromatic N) is 1. The zero-order valence-corrected chi connectivity index (χ0v) is 8.36. The first kappa shape index (κ1) is 11.6. The average molecular weight is 214 g/mol. The van der Waals surface area contributed by atoms with Crippen LogP contribution in [0.5, 0.6) is 0 Å². The Balaban J connectivity index is 2.18. The third kappa shape index (κ3) is 4.55. The highest BCUT2D eigenvalue weighted by molar-refractivity contribution is 5.99. The minimum Gasteiger partial charge on any atom is -0.481 e. The van der Waals surface area contributed by atoms with Gasteiger partial charge in [-0.05, 0) is 19.4 Å². The first-order valence-corrected chi connectivity index (χ1v) is 4.85. The summed E-state index contributed by atoms with van der Waals surface area (Å²) < 4.78 is 0. The van der Waals surface area contributed by atoms with Crippen molar-refractivity contribution in [3.63, 3.8) is 0 Å². The molecule has 1 aliphatic rings. The highest BCUT2D eigenvalue weighted by atomic mass is 16.4. The Kier molecular flexibility index (Phi) is 4.23. The van der Waals surface area contributed by atoms with Crippen molar-refractivity contribution in [1.29, 1.82) is 0 Å². The Labute approximate surface area is 87.2 Å². The lowest BCUT2D eigenvalue weighted by molar-refractivity contribution is -0.138. The molecule has 0 radical (unpaired) electrons. The number of piperazine rings is 1. The normalized spacial score (nSPS) is 17.6. The van der Waals surface area contributed by atoms with Crippen LogP contribution in [0.1, 0.15) is 19.3 Å². The first-order valence-electron chi connectivity index (χ1n) is 4.85. The van der Waals surface area contributed by atoms with Crippen LogP contribution >= 0.6 is 0 Å². The van der Waals surface area contributed by atoms with E-state index in [1.807, 2.05) is 0 Å². The van der Waals surface area contributed by atoms with Crippen LogP contribution in [-0.2, 0) is 14.4 Å². The van der Waals surface area contributed by atoms with Gasteiger partial charge in [0.05, 0.1) is 13.1 Å². The summed E-state index contributed by atoms with van der Waals surface area (Å²) in [6.07, 6.45) is 1.39. The van der Waals surface area contributed by atoms with Gasteiger partial charge in [-0.2, -0.15) is 0 Å². The Bertz CT molecular complexity index is 261. The predicted molar refractivity (Wildman–Crippen MR) is 51.1 cm³/mol. The second kappa shape index (κ2) is 5.45. The molecule has 0 aromatic heterocycles. The summed E-state index contributed by atoms with van der Waals surface area (Å²) in [5, 5.41) is 10.6. The molecule has 0 spiro atoms.